The minimum absolute atomic E-state index is 0.0156. The van der Waals surface area contributed by atoms with E-state index in [-0.39, 0.29) is 47.0 Å². The van der Waals surface area contributed by atoms with Crippen molar-refractivity contribution in [1.82, 2.24) is 38.5 Å². The highest BCUT2D eigenvalue weighted by Gasteiger charge is 2.59. The minimum Gasteiger partial charge on any atom is -0.381 e. The van der Waals surface area contributed by atoms with Crippen LogP contribution in [-0.4, -0.2) is 78.4 Å². The van der Waals surface area contributed by atoms with Gasteiger partial charge in [-0.15, -0.1) is 0 Å². The lowest BCUT2D eigenvalue weighted by atomic mass is 9.91. The summed E-state index contributed by atoms with van der Waals surface area (Å²) in [5.41, 5.74) is 3.39. The first-order valence-electron chi connectivity index (χ1n) is 22.4. The molecule has 18 heteroatoms. The minimum atomic E-state index is -3.52. The van der Waals surface area contributed by atoms with Gasteiger partial charge in [-0.3, -0.25) is 23.4 Å². The molecule has 2 fully saturated rings. The second-order valence-electron chi connectivity index (χ2n) is 18.1. The topological polar surface area (TPSA) is 172 Å². The maximum absolute atomic E-state index is 16.0. The summed E-state index contributed by atoms with van der Waals surface area (Å²) in [7, 11) is -3.52. The lowest BCUT2D eigenvalue weighted by Gasteiger charge is -2.34. The Balaban J connectivity index is 1.10. The van der Waals surface area contributed by atoms with Gasteiger partial charge in [0.15, 0.2) is 15.7 Å². The molecule has 3 aromatic carbocycles. The van der Waals surface area contributed by atoms with Crippen molar-refractivity contribution in [1.29, 1.82) is 0 Å². The molecule has 15 nitrogen and oxygen atoms in total. The summed E-state index contributed by atoms with van der Waals surface area (Å²) < 4.78 is 73.1. The van der Waals surface area contributed by atoms with Crippen LogP contribution < -0.4 is 11.4 Å². The van der Waals surface area contributed by atoms with Crippen LogP contribution in [0.3, 0.4) is 0 Å². The Morgan fingerprint density at radius 2 is 1.70 bits per heavy atom. The molecule has 1 amide bonds. The number of hydrogen-bond donors (Lipinski definition) is 1. The van der Waals surface area contributed by atoms with Crippen LogP contribution in [0.25, 0.3) is 28.1 Å². The van der Waals surface area contributed by atoms with Crippen molar-refractivity contribution in [2.24, 2.45) is 5.92 Å². The van der Waals surface area contributed by atoms with Crippen LogP contribution in [0, 0.1) is 31.4 Å². The fourth-order valence-electron chi connectivity index (χ4n) is 10.4. The van der Waals surface area contributed by atoms with E-state index in [1.54, 1.807) is 35.6 Å². The summed E-state index contributed by atoms with van der Waals surface area (Å²) in [6.07, 6.45) is 5.59. The molecular formula is C48H50F2N8O7S. The van der Waals surface area contributed by atoms with Gasteiger partial charge in [-0.2, -0.15) is 5.10 Å². The van der Waals surface area contributed by atoms with E-state index < -0.39 is 43.9 Å². The number of sulfone groups is 1. The van der Waals surface area contributed by atoms with E-state index >= 15 is 13.6 Å². The van der Waals surface area contributed by atoms with Crippen molar-refractivity contribution in [3.8, 4) is 17.2 Å². The summed E-state index contributed by atoms with van der Waals surface area (Å²) in [5.74, 6) is -1.35. The van der Waals surface area contributed by atoms with E-state index in [2.05, 4.69) is 22.3 Å². The zero-order valence-electron chi connectivity index (χ0n) is 37.5. The molecule has 4 aromatic heterocycles. The molecule has 3 aliphatic rings. The van der Waals surface area contributed by atoms with Gasteiger partial charge in [0.05, 0.1) is 28.4 Å². The SMILES string of the molecule is CCS(=O)(=O)C(C)c1ccc(-n2ccn(-c3c4c(nn3-c3cc(C)c(F)c(C)c3)CCN(C(=O)c3cc5cc(C6CCOCC6)ccc5n3C3(c5noc(=O)[nH]5)CC3C)C4C)c2=O)c(F)c1. The summed E-state index contributed by atoms with van der Waals surface area (Å²) in [6, 6.07) is 14.8. The van der Waals surface area contributed by atoms with Crippen molar-refractivity contribution in [2.45, 2.75) is 90.0 Å². The summed E-state index contributed by atoms with van der Waals surface area (Å²) >= 11 is 0. The zero-order valence-corrected chi connectivity index (χ0v) is 38.3. The van der Waals surface area contributed by atoms with Gasteiger partial charge in [0.25, 0.3) is 5.91 Å². The Kier molecular flexibility index (Phi) is 10.5. The van der Waals surface area contributed by atoms with Gasteiger partial charge in [0, 0.05) is 60.8 Å². The van der Waals surface area contributed by atoms with Gasteiger partial charge >= 0.3 is 11.4 Å². The Morgan fingerprint density at radius 3 is 2.35 bits per heavy atom. The number of aromatic amines is 1. The number of rotatable bonds is 10. The number of H-pyrrole nitrogens is 1. The van der Waals surface area contributed by atoms with Crippen LogP contribution in [0.5, 0.6) is 0 Å². The molecule has 4 atom stereocenters. The quantitative estimate of drug-likeness (QED) is 0.148. The fourth-order valence-corrected chi connectivity index (χ4v) is 11.4. The van der Waals surface area contributed by atoms with Crippen LogP contribution in [0.15, 0.2) is 81.1 Å². The lowest BCUT2D eigenvalue weighted by molar-refractivity contribution is 0.0663. The van der Waals surface area contributed by atoms with Gasteiger partial charge in [0.1, 0.15) is 28.7 Å². The number of halogens is 2. The van der Waals surface area contributed by atoms with E-state index in [1.165, 1.54) is 42.9 Å². The molecule has 2 aliphatic heterocycles. The number of benzene rings is 3. The summed E-state index contributed by atoms with van der Waals surface area (Å²) in [5, 5.41) is 9.08. The Morgan fingerprint density at radius 1 is 0.985 bits per heavy atom. The number of fused-ring (bicyclic) bond motifs is 2. The van der Waals surface area contributed by atoms with Gasteiger partial charge < -0.3 is 14.2 Å². The molecule has 4 unspecified atom stereocenters. The average Bonchev–Trinajstić information content (AvgIpc) is 3.80. The number of carbonyl (C=O) groups is 1. The molecule has 1 saturated carbocycles. The van der Waals surface area contributed by atoms with Crippen molar-refractivity contribution >= 4 is 26.6 Å². The first kappa shape index (κ1) is 43.5. The third-order valence-corrected chi connectivity index (χ3v) is 16.4. The van der Waals surface area contributed by atoms with Crippen LogP contribution in [0.1, 0.15) is 114 Å². The van der Waals surface area contributed by atoms with E-state index in [9.17, 15) is 18.0 Å². The fraction of sp³-hybridized carbons (Fsp3) is 0.396. The zero-order chi connectivity index (χ0) is 46.6. The number of nitrogens with zero attached hydrogens (tertiary/aromatic N) is 7. The van der Waals surface area contributed by atoms with Crippen LogP contribution >= 0.6 is 0 Å². The highest BCUT2D eigenvalue weighted by atomic mass is 32.2. The Hall–Kier alpha value is -6.40. The predicted molar refractivity (Wildman–Crippen MR) is 242 cm³/mol. The maximum Gasteiger partial charge on any atom is 0.438 e. The summed E-state index contributed by atoms with van der Waals surface area (Å²) in [4.78, 5) is 47.0. The van der Waals surface area contributed by atoms with E-state index in [1.807, 2.05) is 30.5 Å². The number of ether oxygens (including phenoxy) is 1. The highest BCUT2D eigenvalue weighted by Crippen LogP contribution is 2.56. The number of imidazole rings is 1. The van der Waals surface area contributed by atoms with Crippen molar-refractivity contribution in [3.05, 3.63) is 145 Å². The van der Waals surface area contributed by atoms with Gasteiger partial charge in [-0.25, -0.2) is 31.5 Å². The standard InChI is InChI=1S/C48H50F2N8O7S/c1-7-66(62,63)30(6)32-8-11-39(36(49)23-32)55-16-17-56(47(55)61)43-41-29(5)54(15-12-37(41)52-58(43)35-20-26(2)42(50)27(3)21-35)44(59)40-24-34-22-33(31-13-18-64-19-14-31)9-10-38(34)57(40)48(25-28(48)4)45-51-46(60)65-53-45/h8-11,16-17,20-24,28-31H,7,12-15,18-19,25H2,1-6H3,(H,51,53,60). The third-order valence-electron chi connectivity index (χ3n) is 14.3. The number of aromatic nitrogens is 7. The Bertz CT molecular complexity index is 3310. The van der Waals surface area contributed by atoms with Crippen LogP contribution in [0.4, 0.5) is 8.78 Å². The smallest absolute Gasteiger partial charge is 0.381 e. The second kappa shape index (κ2) is 15.9. The molecule has 0 spiro atoms. The maximum atomic E-state index is 16.0. The molecule has 10 rings (SSSR count). The molecule has 1 aliphatic carbocycles. The normalized spacial score (nSPS) is 20.5. The van der Waals surface area contributed by atoms with Gasteiger partial charge in [-0.1, -0.05) is 31.1 Å². The van der Waals surface area contributed by atoms with Crippen molar-refractivity contribution < 1.29 is 31.3 Å². The molecule has 7 aromatic rings. The molecule has 0 radical (unpaired) electrons. The second-order valence-corrected chi connectivity index (χ2v) is 20.7. The van der Waals surface area contributed by atoms with Crippen molar-refractivity contribution in [3.63, 3.8) is 0 Å². The summed E-state index contributed by atoms with van der Waals surface area (Å²) in [6.45, 7) is 11.9. The largest absolute Gasteiger partial charge is 0.438 e. The monoisotopic (exact) mass is 920 g/mol. The molecule has 6 heterocycles. The molecule has 66 heavy (non-hydrogen) atoms. The molecule has 0 bridgehead atoms. The molecular weight excluding hydrogens is 871 g/mol. The number of hydrogen-bond acceptors (Lipinski definition) is 9. The van der Waals surface area contributed by atoms with E-state index in [0.717, 1.165) is 39.9 Å². The first-order chi connectivity index (χ1) is 31.5. The van der Waals surface area contributed by atoms with E-state index in [0.29, 0.717) is 71.6 Å². The van der Waals surface area contributed by atoms with Gasteiger partial charge in [0.2, 0.25) is 0 Å². The first-order valence-corrected chi connectivity index (χ1v) is 24.1. The number of amides is 1. The predicted octanol–water partition coefficient (Wildman–Crippen LogP) is 7.27. The van der Waals surface area contributed by atoms with Crippen LogP contribution in [0.2, 0.25) is 0 Å². The molecule has 1 saturated heterocycles. The Labute approximate surface area is 378 Å². The van der Waals surface area contributed by atoms with Crippen LogP contribution in [-0.2, 0) is 26.5 Å². The van der Waals surface area contributed by atoms with E-state index in [4.69, 9.17) is 14.4 Å². The lowest BCUT2D eigenvalue weighted by Crippen LogP contribution is -2.41. The number of aryl methyl sites for hydroxylation is 2. The van der Waals surface area contributed by atoms with Gasteiger partial charge in [-0.05, 0) is 124 Å². The number of nitrogens with one attached hydrogen (secondary N) is 1. The number of carbonyl (C=O) groups excluding carboxylic acids is 1. The molecule has 344 valence electrons. The van der Waals surface area contributed by atoms with Crippen molar-refractivity contribution in [2.75, 3.05) is 25.5 Å². The third kappa shape index (κ3) is 6.81. The average molecular weight is 921 g/mol. The highest BCUT2D eigenvalue weighted by molar-refractivity contribution is 7.91. The molecule has 1 N–H and O–H groups in total.